The number of hydrogen-bond donors (Lipinski definition) is 1. The van der Waals surface area contributed by atoms with Gasteiger partial charge in [0.2, 0.25) is 17.7 Å². The van der Waals surface area contributed by atoms with Crippen LogP contribution in [0.4, 0.5) is 0 Å². The first-order valence-electron chi connectivity index (χ1n) is 8.95. The van der Waals surface area contributed by atoms with Crippen LogP contribution in [-0.2, 0) is 19.1 Å². The molecule has 134 valence electrons. The van der Waals surface area contributed by atoms with Gasteiger partial charge in [-0.3, -0.25) is 14.4 Å². The van der Waals surface area contributed by atoms with Crippen molar-refractivity contribution in [3.8, 4) is 0 Å². The molecule has 7 heteroatoms. The zero-order valence-electron chi connectivity index (χ0n) is 14.3. The first kappa shape index (κ1) is 17.2. The Morgan fingerprint density at radius 1 is 1.21 bits per heavy atom. The van der Waals surface area contributed by atoms with Crippen LogP contribution in [0.2, 0.25) is 0 Å². The van der Waals surface area contributed by atoms with Crippen molar-refractivity contribution < 1.29 is 19.1 Å². The Labute approximate surface area is 142 Å². The molecule has 24 heavy (non-hydrogen) atoms. The van der Waals surface area contributed by atoms with Gasteiger partial charge in [-0.05, 0) is 18.8 Å². The molecule has 1 saturated carbocycles. The SMILES string of the molecule is CNC(=O)C1CC(=O)N(C2CN(C(=O)COCC3CCCC3)C2)C1. The highest BCUT2D eigenvalue weighted by Crippen LogP contribution is 2.26. The highest BCUT2D eigenvalue weighted by molar-refractivity contribution is 5.89. The molecule has 1 N–H and O–H groups in total. The number of nitrogens with zero attached hydrogens (tertiary/aromatic N) is 2. The van der Waals surface area contributed by atoms with E-state index in [4.69, 9.17) is 4.74 Å². The molecule has 0 spiro atoms. The zero-order valence-corrected chi connectivity index (χ0v) is 14.3. The Hall–Kier alpha value is -1.63. The van der Waals surface area contributed by atoms with Gasteiger partial charge in [-0.1, -0.05) is 12.8 Å². The lowest BCUT2D eigenvalue weighted by Crippen LogP contribution is -2.62. The molecular weight excluding hydrogens is 310 g/mol. The monoisotopic (exact) mass is 337 g/mol. The van der Waals surface area contributed by atoms with Gasteiger partial charge in [0.15, 0.2) is 0 Å². The summed E-state index contributed by atoms with van der Waals surface area (Å²) in [6.45, 7) is 2.39. The lowest BCUT2D eigenvalue weighted by molar-refractivity contribution is -0.148. The Morgan fingerprint density at radius 2 is 1.92 bits per heavy atom. The number of carbonyl (C=O) groups excluding carboxylic acids is 3. The first-order chi connectivity index (χ1) is 11.6. The predicted molar refractivity (Wildman–Crippen MR) is 87.0 cm³/mol. The Morgan fingerprint density at radius 3 is 2.58 bits per heavy atom. The van der Waals surface area contributed by atoms with E-state index in [0.717, 1.165) is 0 Å². The largest absolute Gasteiger partial charge is 0.371 e. The summed E-state index contributed by atoms with van der Waals surface area (Å²) in [7, 11) is 1.59. The van der Waals surface area contributed by atoms with E-state index in [2.05, 4.69) is 5.32 Å². The summed E-state index contributed by atoms with van der Waals surface area (Å²) >= 11 is 0. The Balaban J connectivity index is 1.36. The average Bonchev–Trinajstić information content (AvgIpc) is 3.15. The van der Waals surface area contributed by atoms with Crippen molar-refractivity contribution in [3.63, 3.8) is 0 Å². The lowest BCUT2D eigenvalue weighted by Gasteiger charge is -2.44. The van der Waals surface area contributed by atoms with Crippen LogP contribution in [0, 0.1) is 11.8 Å². The van der Waals surface area contributed by atoms with Gasteiger partial charge in [-0.25, -0.2) is 0 Å². The topological polar surface area (TPSA) is 79.0 Å². The van der Waals surface area contributed by atoms with Crippen LogP contribution >= 0.6 is 0 Å². The summed E-state index contributed by atoms with van der Waals surface area (Å²) in [6, 6.07) is 0.0472. The summed E-state index contributed by atoms with van der Waals surface area (Å²) in [5, 5.41) is 2.60. The molecule has 0 aromatic heterocycles. The number of nitrogens with one attached hydrogen (secondary N) is 1. The number of carbonyl (C=O) groups is 3. The van der Waals surface area contributed by atoms with Crippen molar-refractivity contribution in [2.75, 3.05) is 39.9 Å². The van der Waals surface area contributed by atoms with E-state index < -0.39 is 0 Å². The third-order valence-corrected chi connectivity index (χ3v) is 5.49. The molecule has 3 aliphatic rings. The van der Waals surface area contributed by atoms with E-state index in [0.29, 0.717) is 32.2 Å². The number of ether oxygens (including phenoxy) is 1. The standard InChI is InChI=1S/C17H27N3O4/c1-18-17(23)13-6-15(21)20(7-13)14-8-19(9-14)16(22)11-24-10-12-4-2-3-5-12/h12-14H,2-11H2,1H3,(H,18,23). The number of likely N-dealkylation sites (tertiary alicyclic amines) is 2. The van der Waals surface area contributed by atoms with Gasteiger partial charge in [-0.15, -0.1) is 0 Å². The number of amides is 3. The second-order valence-corrected chi connectivity index (χ2v) is 7.18. The molecule has 0 bridgehead atoms. The molecule has 3 fully saturated rings. The minimum Gasteiger partial charge on any atom is -0.371 e. The molecule has 3 amide bonds. The maximum absolute atomic E-state index is 12.1. The third kappa shape index (κ3) is 3.71. The number of hydrogen-bond acceptors (Lipinski definition) is 4. The van der Waals surface area contributed by atoms with E-state index in [1.807, 2.05) is 0 Å². The molecule has 3 rings (SSSR count). The fraction of sp³-hybridized carbons (Fsp3) is 0.824. The van der Waals surface area contributed by atoms with E-state index in [-0.39, 0.29) is 42.7 Å². The molecule has 2 aliphatic heterocycles. The smallest absolute Gasteiger partial charge is 0.248 e. The van der Waals surface area contributed by atoms with E-state index in [1.165, 1.54) is 25.7 Å². The van der Waals surface area contributed by atoms with Gasteiger partial charge in [0.1, 0.15) is 6.61 Å². The molecule has 2 heterocycles. The second kappa shape index (κ2) is 7.51. The molecule has 0 radical (unpaired) electrons. The second-order valence-electron chi connectivity index (χ2n) is 7.18. The zero-order chi connectivity index (χ0) is 17.1. The average molecular weight is 337 g/mol. The fourth-order valence-corrected chi connectivity index (χ4v) is 3.90. The van der Waals surface area contributed by atoms with E-state index >= 15 is 0 Å². The maximum Gasteiger partial charge on any atom is 0.248 e. The van der Waals surface area contributed by atoms with Gasteiger partial charge in [0.25, 0.3) is 0 Å². The molecule has 0 aromatic rings. The van der Waals surface area contributed by atoms with Gasteiger partial charge in [0, 0.05) is 33.1 Å². The Bertz CT molecular complexity index is 498. The fourth-order valence-electron chi connectivity index (χ4n) is 3.90. The molecule has 1 aliphatic carbocycles. The van der Waals surface area contributed by atoms with Crippen molar-refractivity contribution in [3.05, 3.63) is 0 Å². The van der Waals surface area contributed by atoms with E-state index in [9.17, 15) is 14.4 Å². The van der Waals surface area contributed by atoms with Crippen LogP contribution < -0.4 is 5.32 Å². The molecule has 1 atom stereocenters. The molecule has 2 saturated heterocycles. The third-order valence-electron chi connectivity index (χ3n) is 5.49. The van der Waals surface area contributed by atoms with Crippen LogP contribution in [0.3, 0.4) is 0 Å². The summed E-state index contributed by atoms with van der Waals surface area (Å²) in [4.78, 5) is 39.3. The first-order valence-corrected chi connectivity index (χ1v) is 8.95. The highest BCUT2D eigenvalue weighted by atomic mass is 16.5. The van der Waals surface area contributed by atoms with Crippen molar-refractivity contribution in [1.29, 1.82) is 0 Å². The Kier molecular flexibility index (Phi) is 5.38. The lowest BCUT2D eigenvalue weighted by atomic mass is 10.1. The predicted octanol–water partition coefficient (Wildman–Crippen LogP) is -0.00150. The summed E-state index contributed by atoms with van der Waals surface area (Å²) in [5.41, 5.74) is 0. The molecule has 1 unspecified atom stereocenters. The van der Waals surface area contributed by atoms with Crippen molar-refractivity contribution >= 4 is 17.7 Å². The van der Waals surface area contributed by atoms with Crippen LogP contribution in [0.5, 0.6) is 0 Å². The summed E-state index contributed by atoms with van der Waals surface area (Å²) in [6.07, 6.45) is 5.25. The molecule has 7 nitrogen and oxygen atoms in total. The van der Waals surface area contributed by atoms with Gasteiger partial charge >= 0.3 is 0 Å². The number of rotatable bonds is 6. The van der Waals surface area contributed by atoms with Gasteiger partial charge in [0.05, 0.1) is 18.6 Å². The van der Waals surface area contributed by atoms with Crippen molar-refractivity contribution in [2.24, 2.45) is 11.8 Å². The van der Waals surface area contributed by atoms with E-state index in [1.54, 1.807) is 16.8 Å². The van der Waals surface area contributed by atoms with Crippen molar-refractivity contribution in [1.82, 2.24) is 15.1 Å². The minimum absolute atomic E-state index is 0.00116. The minimum atomic E-state index is -0.262. The normalized spacial score (nSPS) is 25.2. The van der Waals surface area contributed by atoms with Gasteiger partial charge < -0.3 is 19.9 Å². The van der Waals surface area contributed by atoms with Crippen LogP contribution in [0.1, 0.15) is 32.1 Å². The summed E-state index contributed by atoms with van der Waals surface area (Å²) < 4.78 is 5.56. The summed E-state index contributed by atoms with van der Waals surface area (Å²) in [5.74, 6) is 0.281. The highest BCUT2D eigenvalue weighted by Gasteiger charge is 2.43. The van der Waals surface area contributed by atoms with Gasteiger partial charge in [-0.2, -0.15) is 0 Å². The van der Waals surface area contributed by atoms with Crippen LogP contribution in [0.15, 0.2) is 0 Å². The van der Waals surface area contributed by atoms with Crippen LogP contribution in [0.25, 0.3) is 0 Å². The van der Waals surface area contributed by atoms with Crippen LogP contribution in [-0.4, -0.2) is 73.5 Å². The maximum atomic E-state index is 12.1. The van der Waals surface area contributed by atoms with Crippen molar-refractivity contribution in [2.45, 2.75) is 38.1 Å². The molecular formula is C17H27N3O4. The quantitative estimate of drug-likeness (QED) is 0.740. The molecule has 0 aromatic carbocycles.